The molecule has 2 amide bonds. The van der Waals surface area contributed by atoms with Gasteiger partial charge in [0.1, 0.15) is 5.82 Å². The fraction of sp³-hybridized carbons (Fsp3) is 0.381. The molecule has 3 rings (SSSR count). The number of hydrogen-bond acceptors (Lipinski definition) is 5. The van der Waals surface area contributed by atoms with E-state index in [1.807, 2.05) is 5.43 Å². The number of benzene rings is 1. The molecule has 0 saturated carbocycles. The minimum absolute atomic E-state index is 0.0175. The molecule has 1 aromatic carbocycles. The number of aromatic nitrogens is 1. The predicted octanol–water partition coefficient (Wildman–Crippen LogP) is 2.78. The van der Waals surface area contributed by atoms with E-state index in [2.05, 4.69) is 21.7 Å². The van der Waals surface area contributed by atoms with Gasteiger partial charge in [0.05, 0.1) is 16.3 Å². The van der Waals surface area contributed by atoms with Crippen molar-refractivity contribution in [1.82, 2.24) is 25.6 Å². The number of nitrogens with zero attached hydrogens (tertiary/aromatic N) is 3. The zero-order chi connectivity index (χ0) is 23.3. The second-order valence-corrected chi connectivity index (χ2v) is 7.74. The summed E-state index contributed by atoms with van der Waals surface area (Å²) >= 11 is 6.00. The van der Waals surface area contributed by atoms with Crippen molar-refractivity contribution >= 4 is 23.4 Å². The van der Waals surface area contributed by atoms with Gasteiger partial charge in [-0.05, 0) is 36.4 Å². The molecule has 1 aromatic heterocycles. The molecule has 0 aliphatic carbocycles. The van der Waals surface area contributed by atoms with E-state index in [1.165, 1.54) is 18.3 Å². The largest absolute Gasteiger partial charge is 0.317 e. The van der Waals surface area contributed by atoms with Gasteiger partial charge in [-0.15, -0.1) is 0 Å². The van der Waals surface area contributed by atoms with Crippen molar-refractivity contribution in [3.05, 3.63) is 64.2 Å². The molecule has 2 heterocycles. The number of hydrogen-bond donors (Lipinski definition) is 2. The number of alkyl halides is 2. The van der Waals surface area contributed by atoms with Crippen molar-refractivity contribution in [2.75, 3.05) is 26.2 Å². The minimum atomic E-state index is -3.23. The summed E-state index contributed by atoms with van der Waals surface area (Å²) in [7, 11) is 0. The van der Waals surface area contributed by atoms with Crippen LogP contribution in [-0.4, -0.2) is 59.2 Å². The highest BCUT2D eigenvalue weighted by Gasteiger charge is 2.28. The molecule has 0 spiro atoms. The van der Waals surface area contributed by atoms with Crippen molar-refractivity contribution in [1.29, 1.82) is 0 Å². The molecule has 0 radical (unpaired) electrons. The Labute approximate surface area is 188 Å². The van der Waals surface area contributed by atoms with Gasteiger partial charge in [0.25, 0.3) is 5.91 Å². The van der Waals surface area contributed by atoms with Gasteiger partial charge in [0.15, 0.2) is 0 Å². The highest BCUT2D eigenvalue weighted by molar-refractivity contribution is 6.30. The summed E-state index contributed by atoms with van der Waals surface area (Å²) in [6.45, 7) is 5.84. The molecule has 2 aromatic rings. The lowest BCUT2D eigenvalue weighted by atomic mass is 10.0. The number of likely N-dealkylation sites (N-methyl/N-ethyl adjacent to an activating group) is 1. The van der Waals surface area contributed by atoms with E-state index >= 15 is 0 Å². The van der Waals surface area contributed by atoms with Crippen LogP contribution in [0.25, 0.3) is 0 Å². The second kappa shape index (κ2) is 10.8. The van der Waals surface area contributed by atoms with Gasteiger partial charge in [0.2, 0.25) is 0 Å². The zero-order valence-corrected chi connectivity index (χ0v) is 18.1. The number of piperazine rings is 1. The quantitative estimate of drug-likeness (QED) is 0.636. The van der Waals surface area contributed by atoms with Crippen LogP contribution in [-0.2, 0) is 11.3 Å². The zero-order valence-electron chi connectivity index (χ0n) is 17.3. The van der Waals surface area contributed by atoms with Crippen LogP contribution in [0, 0.1) is 5.82 Å². The maximum Gasteiger partial charge on any atom is 0.317 e. The molecule has 1 unspecified atom stereocenters. The molecular formula is C21H23ClF3N5O2. The number of pyridine rings is 1. The molecular weight excluding hydrogens is 447 g/mol. The summed E-state index contributed by atoms with van der Waals surface area (Å²) in [6, 6.07) is 7.87. The van der Waals surface area contributed by atoms with Gasteiger partial charge >= 0.3 is 12.3 Å². The molecule has 1 saturated heterocycles. The van der Waals surface area contributed by atoms with Gasteiger partial charge in [-0.1, -0.05) is 24.6 Å². The molecule has 1 atom stereocenters. The standard InChI is InChI=1S/C21H23ClF3N5O2/c1-2-29-7-8-30(18(12-29)13-4-6-17(23)16(22)9-13)11-15-5-3-14(10-26-15)20(31)27-28-21(32)19(24)25/h3-6,9-10,18-19H,2,7-8,11-12H2,1H3,(H,27,31)(H,28,32). The molecule has 7 nitrogen and oxygen atoms in total. The van der Waals surface area contributed by atoms with Crippen molar-refractivity contribution < 1.29 is 22.8 Å². The van der Waals surface area contributed by atoms with Crippen molar-refractivity contribution in [3.8, 4) is 0 Å². The molecule has 1 aliphatic heterocycles. The fourth-order valence-electron chi connectivity index (χ4n) is 3.49. The topological polar surface area (TPSA) is 77.6 Å². The van der Waals surface area contributed by atoms with E-state index < -0.39 is 24.1 Å². The molecule has 2 N–H and O–H groups in total. The highest BCUT2D eigenvalue weighted by Crippen LogP contribution is 2.29. The number of amides is 2. The summed E-state index contributed by atoms with van der Waals surface area (Å²) in [5, 5.41) is 0.0727. The molecule has 32 heavy (non-hydrogen) atoms. The summed E-state index contributed by atoms with van der Waals surface area (Å²) in [4.78, 5) is 31.6. The van der Waals surface area contributed by atoms with Crippen LogP contribution < -0.4 is 10.9 Å². The van der Waals surface area contributed by atoms with Crippen LogP contribution in [0.4, 0.5) is 13.2 Å². The fourth-order valence-corrected chi connectivity index (χ4v) is 3.68. The van der Waals surface area contributed by atoms with E-state index in [9.17, 15) is 22.8 Å². The number of carbonyl (C=O) groups is 2. The Bertz CT molecular complexity index is 961. The lowest BCUT2D eigenvalue weighted by molar-refractivity contribution is -0.132. The van der Waals surface area contributed by atoms with E-state index in [0.29, 0.717) is 12.2 Å². The van der Waals surface area contributed by atoms with Gasteiger partial charge in [0, 0.05) is 38.4 Å². The first-order valence-electron chi connectivity index (χ1n) is 10.0. The lowest BCUT2D eigenvalue weighted by Crippen LogP contribution is -2.47. The minimum Gasteiger partial charge on any atom is -0.300 e. The van der Waals surface area contributed by atoms with Gasteiger partial charge in [-0.3, -0.25) is 30.3 Å². The predicted molar refractivity (Wildman–Crippen MR) is 113 cm³/mol. The highest BCUT2D eigenvalue weighted by atomic mass is 35.5. The summed E-state index contributed by atoms with van der Waals surface area (Å²) < 4.78 is 38.0. The van der Waals surface area contributed by atoms with Gasteiger partial charge in [-0.25, -0.2) is 4.39 Å². The Balaban J connectivity index is 1.69. The Morgan fingerprint density at radius 3 is 2.62 bits per heavy atom. The average Bonchev–Trinajstić information content (AvgIpc) is 2.79. The third-order valence-electron chi connectivity index (χ3n) is 5.30. The first kappa shape index (κ1) is 24.0. The van der Waals surface area contributed by atoms with Crippen molar-refractivity contribution in [2.24, 2.45) is 0 Å². The first-order chi connectivity index (χ1) is 15.3. The molecule has 1 aliphatic rings. The van der Waals surface area contributed by atoms with E-state index in [-0.39, 0.29) is 16.6 Å². The van der Waals surface area contributed by atoms with Crippen LogP contribution in [0.3, 0.4) is 0 Å². The molecule has 0 bridgehead atoms. The van der Waals surface area contributed by atoms with Crippen LogP contribution in [0.15, 0.2) is 36.5 Å². The smallest absolute Gasteiger partial charge is 0.300 e. The van der Waals surface area contributed by atoms with E-state index in [0.717, 1.165) is 31.7 Å². The first-order valence-corrected chi connectivity index (χ1v) is 10.4. The summed E-state index contributed by atoms with van der Waals surface area (Å²) in [6.07, 6.45) is -1.92. The third kappa shape index (κ3) is 5.96. The van der Waals surface area contributed by atoms with E-state index in [4.69, 9.17) is 11.6 Å². The number of halogens is 4. The number of rotatable bonds is 6. The van der Waals surface area contributed by atoms with E-state index in [1.54, 1.807) is 23.6 Å². The summed E-state index contributed by atoms with van der Waals surface area (Å²) in [5.41, 5.74) is 5.26. The number of carbonyl (C=O) groups excluding carboxylic acids is 2. The summed E-state index contributed by atoms with van der Waals surface area (Å²) in [5.74, 6) is -2.82. The average molecular weight is 470 g/mol. The Morgan fingerprint density at radius 1 is 1.22 bits per heavy atom. The third-order valence-corrected chi connectivity index (χ3v) is 5.59. The lowest BCUT2D eigenvalue weighted by Gasteiger charge is -2.41. The van der Waals surface area contributed by atoms with Gasteiger partial charge in [-0.2, -0.15) is 8.78 Å². The maximum absolute atomic E-state index is 13.6. The van der Waals surface area contributed by atoms with Crippen LogP contribution in [0.2, 0.25) is 5.02 Å². The second-order valence-electron chi connectivity index (χ2n) is 7.34. The normalized spacial score (nSPS) is 17.4. The number of nitrogens with one attached hydrogen (secondary N) is 2. The van der Waals surface area contributed by atoms with Crippen LogP contribution in [0.5, 0.6) is 0 Å². The van der Waals surface area contributed by atoms with Gasteiger partial charge < -0.3 is 4.90 Å². The number of hydrazine groups is 1. The van der Waals surface area contributed by atoms with Crippen molar-refractivity contribution in [3.63, 3.8) is 0 Å². The molecule has 172 valence electrons. The molecule has 1 fully saturated rings. The van der Waals surface area contributed by atoms with Crippen molar-refractivity contribution in [2.45, 2.75) is 25.9 Å². The monoisotopic (exact) mass is 469 g/mol. The Kier molecular flexibility index (Phi) is 8.05. The molecule has 11 heteroatoms. The Morgan fingerprint density at radius 2 is 2.00 bits per heavy atom. The maximum atomic E-state index is 13.6. The SMILES string of the molecule is CCN1CCN(Cc2ccc(C(=O)NNC(=O)C(F)F)cn2)C(c2ccc(F)c(Cl)c2)C1. The van der Waals surface area contributed by atoms with Crippen LogP contribution >= 0.6 is 11.6 Å². The Hall–Kier alpha value is -2.69. The van der Waals surface area contributed by atoms with Crippen LogP contribution in [0.1, 0.15) is 34.6 Å².